The van der Waals surface area contributed by atoms with E-state index in [0.29, 0.717) is 10.7 Å². The summed E-state index contributed by atoms with van der Waals surface area (Å²) in [6.07, 6.45) is 9.62. The minimum Gasteiger partial charge on any atom is -0.458 e. The topological polar surface area (TPSA) is 38.3 Å². The summed E-state index contributed by atoms with van der Waals surface area (Å²) >= 11 is 6.42. The second-order valence-electron chi connectivity index (χ2n) is 4.77. The quantitative estimate of drug-likeness (QED) is 0.866. The van der Waals surface area contributed by atoms with Crippen LogP contribution in [0.4, 0.5) is 0 Å². The Morgan fingerprint density at radius 3 is 2.76 bits per heavy atom. The van der Waals surface area contributed by atoms with Crippen LogP contribution in [0.2, 0.25) is 0 Å². The van der Waals surface area contributed by atoms with E-state index in [-0.39, 0.29) is 11.2 Å². The lowest BCUT2D eigenvalue weighted by molar-refractivity contribution is -0.118. The molecule has 21 heavy (non-hydrogen) atoms. The Balaban J connectivity index is 1.61. The van der Waals surface area contributed by atoms with Crippen molar-refractivity contribution in [3.05, 3.63) is 60.2 Å². The van der Waals surface area contributed by atoms with E-state index in [1.54, 1.807) is 0 Å². The van der Waals surface area contributed by atoms with Gasteiger partial charge in [0.15, 0.2) is 0 Å². The van der Waals surface area contributed by atoms with E-state index < -0.39 is 0 Å². The third-order valence-electron chi connectivity index (χ3n) is 3.20. The first-order valence-electron chi connectivity index (χ1n) is 6.69. The molecule has 1 saturated heterocycles. The van der Waals surface area contributed by atoms with E-state index in [0.717, 1.165) is 23.5 Å². The second-order valence-corrected chi connectivity index (χ2v) is 6.65. The number of nitrogens with one attached hydrogen (secondary N) is 1. The Bertz CT molecular complexity index is 620. The summed E-state index contributed by atoms with van der Waals surface area (Å²) in [6, 6.07) is 7.84. The zero-order valence-electron chi connectivity index (χ0n) is 11.2. The van der Waals surface area contributed by atoms with Gasteiger partial charge in [-0.1, -0.05) is 42.2 Å². The molecule has 1 radical (unpaired) electrons. The molecule has 3 nitrogen and oxygen atoms in total. The Labute approximate surface area is 133 Å². The van der Waals surface area contributed by atoms with Crippen molar-refractivity contribution in [2.45, 2.75) is 18.1 Å². The molecule has 1 aromatic rings. The Morgan fingerprint density at radius 1 is 1.33 bits per heavy atom. The fraction of sp³-hybridized carbons (Fsp3) is 0.188. The van der Waals surface area contributed by atoms with Gasteiger partial charge < -0.3 is 10.1 Å². The van der Waals surface area contributed by atoms with Gasteiger partial charge in [0.2, 0.25) is 5.91 Å². The lowest BCUT2D eigenvalue weighted by Crippen LogP contribution is -2.25. The highest BCUT2D eigenvalue weighted by Crippen LogP contribution is 2.24. The van der Waals surface area contributed by atoms with Crippen LogP contribution in [0.25, 0.3) is 0 Å². The van der Waals surface area contributed by atoms with Crippen molar-refractivity contribution in [1.82, 2.24) is 5.32 Å². The van der Waals surface area contributed by atoms with Crippen molar-refractivity contribution in [3.8, 4) is 5.75 Å². The summed E-state index contributed by atoms with van der Waals surface area (Å²) in [5, 5.41) is 2.54. The van der Waals surface area contributed by atoms with Crippen molar-refractivity contribution in [2.75, 3.05) is 0 Å². The van der Waals surface area contributed by atoms with Gasteiger partial charge in [-0.05, 0) is 49.1 Å². The summed E-state index contributed by atoms with van der Waals surface area (Å²) in [4.78, 5) is 11.7. The smallest absolute Gasteiger partial charge is 0.239 e. The molecule has 0 bridgehead atoms. The van der Waals surface area contributed by atoms with Gasteiger partial charge in [-0.2, -0.15) is 0 Å². The van der Waals surface area contributed by atoms with Gasteiger partial charge >= 0.3 is 0 Å². The van der Waals surface area contributed by atoms with Gasteiger partial charge in [0, 0.05) is 0 Å². The van der Waals surface area contributed by atoms with Gasteiger partial charge in [-0.3, -0.25) is 4.79 Å². The number of hydrogen-bond donors (Lipinski definition) is 1. The average molecular weight is 316 g/mol. The molecule has 5 heteroatoms. The van der Waals surface area contributed by atoms with Crippen LogP contribution in [0.1, 0.15) is 12.0 Å². The summed E-state index contributed by atoms with van der Waals surface area (Å²) in [7, 11) is 0. The normalized spacial score (nSPS) is 21.1. The molecule has 0 saturated carbocycles. The lowest BCUT2D eigenvalue weighted by Gasteiger charge is -2.10. The maximum absolute atomic E-state index is 11.7. The first kappa shape index (κ1) is 14.4. The van der Waals surface area contributed by atoms with Gasteiger partial charge in [-0.15, -0.1) is 0 Å². The molecule has 1 unspecified atom stereocenters. The van der Waals surface area contributed by atoms with Crippen molar-refractivity contribution < 1.29 is 9.53 Å². The maximum atomic E-state index is 11.7. The molecule has 107 valence electrons. The highest BCUT2D eigenvalue weighted by Gasteiger charge is 2.28. The zero-order valence-corrected chi connectivity index (χ0v) is 12.9. The molecule has 0 spiro atoms. The minimum absolute atomic E-state index is 0.000857. The van der Waals surface area contributed by atoms with Gasteiger partial charge in [-0.25, -0.2) is 0 Å². The second kappa shape index (κ2) is 6.45. The summed E-state index contributed by atoms with van der Waals surface area (Å²) in [5.41, 5.74) is 1.10. The van der Waals surface area contributed by atoms with E-state index in [4.69, 9.17) is 17.0 Å². The minimum atomic E-state index is -0.121. The van der Waals surface area contributed by atoms with Crippen LogP contribution in [0.3, 0.4) is 0 Å². The fourth-order valence-corrected chi connectivity index (χ4v) is 3.45. The third kappa shape index (κ3) is 3.74. The highest BCUT2D eigenvalue weighted by atomic mass is 32.2. The highest BCUT2D eigenvalue weighted by molar-refractivity contribution is 8.24. The fourth-order valence-electron chi connectivity index (χ4n) is 2.14. The molecular weight excluding hydrogens is 302 g/mol. The van der Waals surface area contributed by atoms with E-state index in [2.05, 4.69) is 11.7 Å². The van der Waals surface area contributed by atoms with E-state index in [1.807, 2.05) is 42.5 Å². The number of benzene rings is 1. The number of thioether (sulfide) groups is 1. The van der Waals surface area contributed by atoms with Crippen molar-refractivity contribution in [2.24, 2.45) is 0 Å². The predicted molar refractivity (Wildman–Crippen MR) is 89.0 cm³/mol. The third-order valence-corrected chi connectivity index (χ3v) is 4.57. The molecule has 2 aliphatic rings. The number of carbonyl (C=O) groups is 1. The molecule has 1 N–H and O–H groups in total. The molecular formula is C16H14NO2S2. The number of hydrogen-bond acceptors (Lipinski definition) is 4. The van der Waals surface area contributed by atoms with Crippen LogP contribution < -0.4 is 10.1 Å². The standard InChI is InChI=1S/C16H14NO2S2/c18-15-14(21-16(20)17-15)10-11-6-8-13(9-7-11)19-12-4-2-1-3-5-12/h1-2,4-9,14H,3,10H2,(H,17,18,20). The molecule has 1 aliphatic heterocycles. The number of ether oxygens (including phenoxy) is 1. The predicted octanol–water partition coefficient (Wildman–Crippen LogP) is 3.17. The Kier molecular flexibility index (Phi) is 4.41. The van der Waals surface area contributed by atoms with Crippen molar-refractivity contribution in [3.63, 3.8) is 0 Å². The van der Waals surface area contributed by atoms with Crippen molar-refractivity contribution in [1.29, 1.82) is 0 Å². The molecule has 1 aliphatic carbocycles. The summed E-state index contributed by atoms with van der Waals surface area (Å²) in [6.45, 7) is 0. The van der Waals surface area contributed by atoms with Crippen LogP contribution >= 0.6 is 24.0 Å². The molecule has 1 aromatic carbocycles. The number of thiocarbonyl (C=S) groups is 1. The molecule has 1 atom stereocenters. The van der Waals surface area contributed by atoms with Crippen molar-refractivity contribution >= 4 is 34.2 Å². The van der Waals surface area contributed by atoms with Gasteiger partial charge in [0.25, 0.3) is 0 Å². The van der Waals surface area contributed by atoms with Gasteiger partial charge in [0.05, 0.1) is 5.25 Å². The molecule has 0 aromatic heterocycles. The monoisotopic (exact) mass is 316 g/mol. The van der Waals surface area contributed by atoms with Crippen LogP contribution in [0, 0.1) is 6.42 Å². The lowest BCUT2D eigenvalue weighted by atomic mass is 10.1. The summed E-state index contributed by atoms with van der Waals surface area (Å²) < 4.78 is 6.33. The first-order valence-corrected chi connectivity index (χ1v) is 7.98. The Hall–Kier alpha value is -1.59. The van der Waals surface area contributed by atoms with E-state index >= 15 is 0 Å². The molecule has 3 rings (SSSR count). The average Bonchev–Trinajstić information content (AvgIpc) is 2.80. The number of carbonyl (C=O) groups excluding carboxylic acids is 1. The van der Waals surface area contributed by atoms with E-state index in [9.17, 15) is 4.79 Å². The largest absolute Gasteiger partial charge is 0.458 e. The maximum Gasteiger partial charge on any atom is 0.239 e. The SMILES string of the molecule is O=C1NC(=S)SC1Cc1ccc(OC2=CC[CH]C=C2)cc1. The molecule has 1 amide bonds. The number of amides is 1. The van der Waals surface area contributed by atoms with Gasteiger partial charge in [0.1, 0.15) is 15.8 Å². The number of allylic oxidation sites excluding steroid dienone is 3. The zero-order chi connectivity index (χ0) is 14.7. The van der Waals surface area contributed by atoms with E-state index in [1.165, 1.54) is 11.8 Å². The van der Waals surface area contributed by atoms with Crippen LogP contribution in [0.5, 0.6) is 5.75 Å². The van der Waals surface area contributed by atoms with Crippen LogP contribution in [-0.2, 0) is 11.2 Å². The number of rotatable bonds is 4. The Morgan fingerprint density at radius 2 is 2.14 bits per heavy atom. The summed E-state index contributed by atoms with van der Waals surface area (Å²) in [5.74, 6) is 1.66. The van der Waals surface area contributed by atoms with Crippen LogP contribution in [0.15, 0.2) is 48.3 Å². The first-order chi connectivity index (χ1) is 10.2. The molecule has 1 fully saturated rings. The molecule has 1 heterocycles. The van der Waals surface area contributed by atoms with Crippen LogP contribution in [-0.4, -0.2) is 15.5 Å².